The maximum atomic E-state index is 12.2. The number of hydrogen-bond donors (Lipinski definition) is 1. The highest BCUT2D eigenvalue weighted by Gasteiger charge is 2.22. The van der Waals surface area contributed by atoms with E-state index in [0.717, 1.165) is 31.4 Å². The van der Waals surface area contributed by atoms with Crippen molar-refractivity contribution in [2.45, 2.75) is 77.2 Å². The van der Waals surface area contributed by atoms with Gasteiger partial charge in [-0.2, -0.15) is 0 Å². The van der Waals surface area contributed by atoms with E-state index >= 15 is 0 Å². The third-order valence-electron chi connectivity index (χ3n) is 5.13. The average Bonchev–Trinajstić information content (AvgIpc) is 2.67. The molecule has 1 N–H and O–H groups in total. The van der Waals surface area contributed by atoms with E-state index < -0.39 is 6.10 Å². The molecule has 0 saturated heterocycles. The van der Waals surface area contributed by atoms with Crippen molar-refractivity contribution in [3.63, 3.8) is 0 Å². The van der Waals surface area contributed by atoms with Crippen LogP contribution in [0.5, 0.6) is 5.75 Å². The van der Waals surface area contributed by atoms with Crippen LogP contribution in [-0.4, -0.2) is 25.2 Å². The van der Waals surface area contributed by atoms with E-state index in [1.165, 1.54) is 52.2 Å². The Balaban J connectivity index is 2.50. The van der Waals surface area contributed by atoms with Gasteiger partial charge in [-0.05, 0) is 25.3 Å². The summed E-state index contributed by atoms with van der Waals surface area (Å²) in [6.07, 6.45) is 12.0. The number of carbonyl (C=O) groups excluding carboxylic acids is 1. The Bertz CT molecular complexity index is 722. The lowest BCUT2D eigenvalue weighted by Crippen LogP contribution is -2.18. The molecular formula is C22H33NO5. The van der Waals surface area contributed by atoms with Crippen molar-refractivity contribution in [3.05, 3.63) is 33.4 Å². The van der Waals surface area contributed by atoms with E-state index in [-0.39, 0.29) is 11.5 Å². The lowest BCUT2D eigenvalue weighted by molar-refractivity contribution is -0.147. The zero-order valence-electron chi connectivity index (χ0n) is 17.3. The number of fused-ring (bicyclic) bond motifs is 1. The Morgan fingerprint density at radius 1 is 1.00 bits per heavy atom. The number of nitrogens with one attached hydrogen (secondary N) is 1. The Labute approximate surface area is 167 Å². The minimum atomic E-state index is -0.519. The molecule has 1 heterocycles. The minimum absolute atomic E-state index is 0.280. The van der Waals surface area contributed by atoms with Crippen LogP contribution in [0.4, 0.5) is 0 Å². The van der Waals surface area contributed by atoms with Crippen LogP contribution in [0.15, 0.2) is 16.6 Å². The van der Waals surface area contributed by atoms with Gasteiger partial charge in [-0.25, -0.2) is 0 Å². The number of ether oxygens (including phenoxy) is 3. The van der Waals surface area contributed by atoms with Gasteiger partial charge in [0.05, 0.1) is 25.7 Å². The van der Waals surface area contributed by atoms with Crippen LogP contribution < -0.4 is 10.3 Å². The second-order valence-corrected chi connectivity index (χ2v) is 7.31. The fraction of sp³-hybridized carbons (Fsp3) is 0.636. The number of H-pyrrole nitrogens is 1. The number of pyridine rings is 1. The van der Waals surface area contributed by atoms with Crippen LogP contribution in [-0.2, 0) is 14.3 Å². The Morgan fingerprint density at radius 2 is 1.64 bits per heavy atom. The van der Waals surface area contributed by atoms with E-state index in [0.29, 0.717) is 23.4 Å². The summed E-state index contributed by atoms with van der Waals surface area (Å²) in [6.45, 7) is 1.39. The Morgan fingerprint density at radius 3 is 2.25 bits per heavy atom. The van der Waals surface area contributed by atoms with Gasteiger partial charge in [-0.3, -0.25) is 9.59 Å². The third kappa shape index (κ3) is 6.73. The van der Waals surface area contributed by atoms with Crippen molar-refractivity contribution >= 4 is 12.0 Å². The number of esters is 1. The summed E-state index contributed by atoms with van der Waals surface area (Å²) in [5, 5.41) is 0. The fourth-order valence-electron chi connectivity index (χ4n) is 3.68. The molecule has 0 radical (unpaired) electrons. The first-order valence-corrected chi connectivity index (χ1v) is 10.3. The normalized spacial score (nSPS) is 19.4. The minimum Gasteiger partial charge on any atom is -0.501 e. The first-order chi connectivity index (χ1) is 13.5. The van der Waals surface area contributed by atoms with E-state index in [1.807, 2.05) is 6.08 Å². The second-order valence-electron chi connectivity index (χ2n) is 7.31. The summed E-state index contributed by atoms with van der Waals surface area (Å²) in [6, 6.07) is 1.42. The van der Waals surface area contributed by atoms with Gasteiger partial charge in [0, 0.05) is 25.0 Å². The molecule has 1 aromatic rings. The third-order valence-corrected chi connectivity index (χ3v) is 5.13. The molecule has 1 aliphatic carbocycles. The van der Waals surface area contributed by atoms with E-state index in [2.05, 4.69) is 4.98 Å². The van der Waals surface area contributed by atoms with Gasteiger partial charge >= 0.3 is 5.97 Å². The molecule has 0 bridgehead atoms. The highest BCUT2D eigenvalue weighted by molar-refractivity contribution is 5.67. The van der Waals surface area contributed by atoms with Crippen LogP contribution in [0.2, 0.25) is 0 Å². The Hall–Kier alpha value is -2.24. The predicted octanol–water partition coefficient (Wildman–Crippen LogP) is 4.89. The highest BCUT2D eigenvalue weighted by atomic mass is 16.5. The van der Waals surface area contributed by atoms with E-state index in [9.17, 15) is 9.59 Å². The molecule has 1 aromatic heterocycles. The number of rotatable bonds is 3. The SMILES string of the molecule is COC1=Cc2c(OC)cc(=O)[nH]c2[C@H](OC(C)=O)CCCCCCCCCC1. The van der Waals surface area contributed by atoms with Crippen LogP contribution in [0.25, 0.3) is 6.08 Å². The van der Waals surface area contributed by atoms with Crippen LogP contribution in [0, 0.1) is 0 Å². The van der Waals surface area contributed by atoms with Gasteiger partial charge in [0.1, 0.15) is 11.9 Å². The lowest BCUT2D eigenvalue weighted by atomic mass is 10.0. The summed E-state index contributed by atoms with van der Waals surface area (Å²) >= 11 is 0. The van der Waals surface area contributed by atoms with Gasteiger partial charge in [0.25, 0.3) is 5.56 Å². The van der Waals surface area contributed by atoms with Crippen molar-refractivity contribution in [3.8, 4) is 5.75 Å². The van der Waals surface area contributed by atoms with Crippen molar-refractivity contribution in [2.24, 2.45) is 0 Å². The van der Waals surface area contributed by atoms with Gasteiger partial charge in [0.15, 0.2) is 0 Å². The van der Waals surface area contributed by atoms with Gasteiger partial charge < -0.3 is 19.2 Å². The maximum Gasteiger partial charge on any atom is 0.303 e. The first kappa shape index (κ1) is 22.1. The molecule has 0 saturated carbocycles. The smallest absolute Gasteiger partial charge is 0.303 e. The largest absolute Gasteiger partial charge is 0.501 e. The molecular weight excluding hydrogens is 358 g/mol. The van der Waals surface area contributed by atoms with Gasteiger partial charge in [0.2, 0.25) is 0 Å². The zero-order chi connectivity index (χ0) is 20.4. The van der Waals surface area contributed by atoms with E-state index in [4.69, 9.17) is 14.2 Å². The quantitative estimate of drug-likeness (QED) is 0.742. The van der Waals surface area contributed by atoms with Crippen molar-refractivity contribution < 1.29 is 19.0 Å². The number of methoxy groups -OCH3 is 2. The number of carbonyl (C=O) groups is 1. The molecule has 0 fully saturated rings. The van der Waals surface area contributed by atoms with Crippen molar-refractivity contribution in [2.75, 3.05) is 14.2 Å². The zero-order valence-corrected chi connectivity index (χ0v) is 17.3. The molecule has 6 nitrogen and oxygen atoms in total. The summed E-state index contributed by atoms with van der Waals surface area (Å²) in [5.41, 5.74) is 1.00. The molecule has 0 amide bonds. The molecule has 0 aliphatic heterocycles. The molecule has 1 aliphatic rings. The monoisotopic (exact) mass is 391 g/mol. The summed E-state index contributed by atoms with van der Waals surface area (Å²) < 4.78 is 16.6. The molecule has 0 spiro atoms. The summed E-state index contributed by atoms with van der Waals surface area (Å²) in [4.78, 5) is 26.8. The lowest BCUT2D eigenvalue weighted by Gasteiger charge is -2.21. The second kappa shape index (κ2) is 11.6. The molecule has 1 atom stereocenters. The average molecular weight is 392 g/mol. The summed E-state index contributed by atoms with van der Waals surface area (Å²) in [7, 11) is 3.19. The highest BCUT2D eigenvalue weighted by Crippen LogP contribution is 2.32. The maximum absolute atomic E-state index is 12.2. The molecule has 0 unspecified atom stereocenters. The van der Waals surface area contributed by atoms with Crippen LogP contribution in [0.3, 0.4) is 0 Å². The molecule has 6 heteroatoms. The molecule has 28 heavy (non-hydrogen) atoms. The van der Waals surface area contributed by atoms with Crippen molar-refractivity contribution in [1.82, 2.24) is 4.98 Å². The first-order valence-electron chi connectivity index (χ1n) is 10.3. The molecule has 156 valence electrons. The Kier molecular flexibility index (Phi) is 9.11. The van der Waals surface area contributed by atoms with Crippen LogP contribution in [0.1, 0.15) is 88.5 Å². The molecule has 2 rings (SSSR count). The standard InChI is InChI=1S/C22H33NO5/c1-16(24)28-19-13-11-9-7-5-4-6-8-10-12-17(26-2)14-18-20(27-3)15-21(25)23-22(18)19/h14-15,19H,4-13H2,1-3H3,(H,23,25)/t19-/m1/s1. The van der Waals surface area contributed by atoms with Crippen LogP contribution >= 0.6 is 0 Å². The topological polar surface area (TPSA) is 77.6 Å². The fourth-order valence-corrected chi connectivity index (χ4v) is 3.68. The number of aromatic nitrogens is 1. The number of allylic oxidation sites excluding steroid dienone is 1. The van der Waals surface area contributed by atoms with E-state index in [1.54, 1.807) is 7.11 Å². The van der Waals surface area contributed by atoms with Gasteiger partial charge in [-0.1, -0.05) is 38.5 Å². The number of hydrogen-bond acceptors (Lipinski definition) is 5. The number of aromatic amines is 1. The summed E-state index contributed by atoms with van der Waals surface area (Å²) in [5.74, 6) is 0.909. The predicted molar refractivity (Wildman–Crippen MR) is 109 cm³/mol. The van der Waals surface area contributed by atoms with Gasteiger partial charge in [-0.15, -0.1) is 0 Å². The molecule has 0 aromatic carbocycles. The van der Waals surface area contributed by atoms with Crippen molar-refractivity contribution in [1.29, 1.82) is 0 Å².